The van der Waals surface area contributed by atoms with Gasteiger partial charge in [-0.3, -0.25) is 24.6 Å². The predicted octanol–water partition coefficient (Wildman–Crippen LogP) is -0.0728. The molecule has 0 bridgehead atoms. The quantitative estimate of drug-likeness (QED) is 0.376. The van der Waals surface area contributed by atoms with E-state index < -0.39 is 25.7 Å². The van der Waals surface area contributed by atoms with Crippen molar-refractivity contribution < 1.29 is 24.6 Å². The zero-order valence-electron chi connectivity index (χ0n) is 4.85. The molecular weight excluding hydrogens is 271 g/mol. The maximum absolute atomic E-state index is 11.4. The second-order valence-electron chi connectivity index (χ2n) is 1.18. The zero-order chi connectivity index (χ0) is 7.65. The van der Waals surface area contributed by atoms with Gasteiger partial charge in [0.15, 0.2) is 0 Å². The van der Waals surface area contributed by atoms with Crippen molar-refractivity contribution in [1.29, 1.82) is 0 Å². The molecule has 0 heterocycles. The van der Waals surface area contributed by atoms with Gasteiger partial charge < -0.3 is 0 Å². The molecular formula is H4F6GeSi3. The third-order valence-corrected chi connectivity index (χ3v) is 8.66. The third kappa shape index (κ3) is 3.25. The molecule has 0 aliphatic carbocycles. The Labute approximate surface area is 68.4 Å². The van der Waals surface area contributed by atoms with Crippen molar-refractivity contribution in [2.45, 2.75) is 0 Å². The molecule has 2 radical (unpaired) electrons. The van der Waals surface area contributed by atoms with Crippen LogP contribution in [0.2, 0.25) is 0 Å². The van der Waals surface area contributed by atoms with Crippen LogP contribution >= 0.6 is 0 Å². The van der Waals surface area contributed by atoms with Gasteiger partial charge in [-0.15, -0.1) is 0 Å². The molecule has 0 amide bonds. The van der Waals surface area contributed by atoms with Crippen molar-refractivity contribution in [2.75, 3.05) is 0 Å². The van der Waals surface area contributed by atoms with E-state index >= 15 is 0 Å². The average molecular weight is 275 g/mol. The van der Waals surface area contributed by atoms with Crippen LogP contribution in [0.4, 0.5) is 24.6 Å². The van der Waals surface area contributed by atoms with Crippen molar-refractivity contribution in [2.24, 2.45) is 0 Å². The first-order valence-electron chi connectivity index (χ1n) is 1.73. The van der Waals surface area contributed by atoms with Gasteiger partial charge in [0.25, 0.3) is 0 Å². The Morgan fingerprint density at radius 2 is 1.40 bits per heavy atom. The normalized spacial score (nSPS) is 12.0. The molecule has 0 aromatic carbocycles. The molecule has 0 aliphatic rings. The Kier molecular flexibility index (Phi) is 6.16. The zero-order valence-corrected chi connectivity index (χ0v) is 12.2. The number of rotatable bonds is 2. The molecule has 0 unspecified atom stereocenters. The van der Waals surface area contributed by atoms with E-state index in [2.05, 4.69) is 0 Å². The van der Waals surface area contributed by atoms with Crippen LogP contribution in [0.15, 0.2) is 0 Å². The third-order valence-electron chi connectivity index (χ3n) is 0.526. The monoisotopic (exact) mass is 276 g/mol. The van der Waals surface area contributed by atoms with E-state index in [1.165, 1.54) is 0 Å². The van der Waals surface area contributed by atoms with E-state index in [0.717, 1.165) is 0 Å². The Bertz CT molecular complexity index is 81.0. The van der Waals surface area contributed by atoms with E-state index in [0.29, 0.717) is 0 Å². The molecule has 62 valence electrons. The predicted molar refractivity (Wildman–Crippen MR) is 35.2 cm³/mol. The van der Waals surface area contributed by atoms with Crippen LogP contribution in [0.3, 0.4) is 0 Å². The summed E-state index contributed by atoms with van der Waals surface area (Å²) in [4.78, 5) is 0. The van der Waals surface area contributed by atoms with Gasteiger partial charge >= 0.3 is 43.3 Å². The van der Waals surface area contributed by atoms with Crippen LogP contribution < -0.4 is 0 Å². The molecule has 0 N–H and O–H groups in total. The van der Waals surface area contributed by atoms with Crippen LogP contribution in [0.25, 0.3) is 0 Å². The first kappa shape index (κ1) is 13.4. The molecule has 10 heteroatoms. The summed E-state index contributed by atoms with van der Waals surface area (Å²) in [7, 11) is -16.6. The van der Waals surface area contributed by atoms with Gasteiger partial charge in [0.2, 0.25) is 0 Å². The molecule has 0 saturated heterocycles. The van der Waals surface area contributed by atoms with Gasteiger partial charge in [-0.2, -0.15) is 0 Å². The molecule has 0 rings (SSSR count). The summed E-state index contributed by atoms with van der Waals surface area (Å²) in [6.07, 6.45) is 0. The molecule has 10 heavy (non-hydrogen) atoms. The van der Waals surface area contributed by atoms with Crippen molar-refractivity contribution >= 4 is 43.3 Å². The van der Waals surface area contributed by atoms with Gasteiger partial charge in [-0.05, 0) is 0 Å². The summed E-state index contributed by atoms with van der Waals surface area (Å²) < 4.78 is 67.0. The van der Waals surface area contributed by atoms with Gasteiger partial charge in [0, 0.05) is 0 Å². The minimum absolute atomic E-state index is 0. The molecule has 0 aromatic heterocycles. The van der Waals surface area contributed by atoms with Crippen LogP contribution in [-0.4, -0.2) is 43.3 Å². The summed E-state index contributed by atoms with van der Waals surface area (Å²) >= 11 is 0. The summed E-state index contributed by atoms with van der Waals surface area (Å²) in [6.45, 7) is 0. The molecule has 0 aliphatic heterocycles. The minimum atomic E-state index is -6.28. The summed E-state index contributed by atoms with van der Waals surface area (Å²) in [5, 5.41) is 0. The molecule has 0 aromatic rings. The molecule has 0 spiro atoms. The fraction of sp³-hybridized carbons (Fsp3) is 0. The van der Waals surface area contributed by atoms with E-state index in [4.69, 9.17) is 0 Å². The van der Waals surface area contributed by atoms with E-state index in [-0.39, 0.29) is 17.6 Å². The van der Waals surface area contributed by atoms with Gasteiger partial charge in [0.1, 0.15) is 0 Å². The Balaban J connectivity index is 0. The SMILES string of the molecule is F[Si](F)[Si](F)(F)[SiH](F)F.[GeH3]. The van der Waals surface area contributed by atoms with Crippen molar-refractivity contribution in [3.8, 4) is 0 Å². The second kappa shape index (κ2) is 4.61. The summed E-state index contributed by atoms with van der Waals surface area (Å²) in [5.74, 6) is 0. The van der Waals surface area contributed by atoms with Gasteiger partial charge in [-0.25, -0.2) is 0 Å². The van der Waals surface area contributed by atoms with Gasteiger partial charge in [-0.1, -0.05) is 0 Å². The van der Waals surface area contributed by atoms with Gasteiger partial charge in [0.05, 0.1) is 0 Å². The first-order chi connectivity index (χ1) is 3.89. The standard InChI is InChI=1S/F6HSi3.GeH3/c1-7(2)9(5,6)8(3)4;/h7H;1H3. The van der Waals surface area contributed by atoms with Crippen LogP contribution in [0.5, 0.6) is 0 Å². The topological polar surface area (TPSA) is 0 Å². The van der Waals surface area contributed by atoms with Crippen LogP contribution in [0, 0.1) is 0 Å². The van der Waals surface area contributed by atoms with E-state index in [9.17, 15) is 24.6 Å². The van der Waals surface area contributed by atoms with E-state index in [1.807, 2.05) is 0 Å². The Hall–Kier alpha value is 0.774. The van der Waals surface area contributed by atoms with E-state index in [1.54, 1.807) is 0 Å². The van der Waals surface area contributed by atoms with Crippen molar-refractivity contribution in [3.05, 3.63) is 0 Å². The van der Waals surface area contributed by atoms with Crippen molar-refractivity contribution in [1.82, 2.24) is 0 Å². The molecule has 0 fully saturated rings. The second-order valence-corrected chi connectivity index (χ2v) is 11.9. The molecule has 0 saturated carbocycles. The molecule has 0 atom stereocenters. The van der Waals surface area contributed by atoms with Crippen LogP contribution in [-0.2, 0) is 0 Å². The Morgan fingerprint density at radius 3 is 1.40 bits per heavy atom. The number of hydrogen-bond donors (Lipinski definition) is 0. The first-order valence-corrected chi connectivity index (χ1v) is 8.43. The summed E-state index contributed by atoms with van der Waals surface area (Å²) in [5.41, 5.74) is 0. The molecule has 0 nitrogen and oxygen atoms in total. The number of hydrogen-bond acceptors (Lipinski definition) is 0. The maximum atomic E-state index is 11.4. The number of halogens is 6. The van der Waals surface area contributed by atoms with Crippen LogP contribution in [0.1, 0.15) is 0 Å². The fourth-order valence-corrected chi connectivity index (χ4v) is 2.23. The Morgan fingerprint density at radius 1 is 1.10 bits per heavy atom. The van der Waals surface area contributed by atoms with Crippen molar-refractivity contribution in [3.63, 3.8) is 0 Å². The average Bonchev–Trinajstić information content (AvgIpc) is 1.65. The summed E-state index contributed by atoms with van der Waals surface area (Å²) in [6, 6.07) is 0. The fourth-order valence-electron chi connectivity index (χ4n) is 0.0825.